The number of amides is 2. The molecule has 2 rings (SSSR count). The number of hydrogen-bond acceptors (Lipinski definition) is 4. The van der Waals surface area contributed by atoms with Crippen LogP contribution in [0, 0.1) is 12.3 Å². The predicted octanol–water partition coefficient (Wildman–Crippen LogP) is 3.22. The largest absolute Gasteiger partial charge is 0.351 e. The molecular weight excluding hydrogens is 282 g/mol. The van der Waals surface area contributed by atoms with Crippen LogP contribution in [-0.4, -0.2) is 17.0 Å². The SMILES string of the molecule is Cc1cc(C(=O)Nc2cccc(NC(=O)C(C)(C)C)c2)on1. The number of rotatable bonds is 3. The fourth-order valence-corrected chi connectivity index (χ4v) is 1.66. The molecule has 2 N–H and O–H groups in total. The topological polar surface area (TPSA) is 84.2 Å². The maximum Gasteiger partial charge on any atom is 0.294 e. The second-order valence-electron chi connectivity index (χ2n) is 6.07. The molecule has 0 saturated heterocycles. The first-order chi connectivity index (χ1) is 10.3. The van der Waals surface area contributed by atoms with Crippen molar-refractivity contribution in [1.29, 1.82) is 0 Å². The van der Waals surface area contributed by atoms with Gasteiger partial charge in [0.1, 0.15) is 0 Å². The van der Waals surface area contributed by atoms with E-state index in [0.29, 0.717) is 17.1 Å². The lowest BCUT2D eigenvalue weighted by molar-refractivity contribution is -0.123. The van der Waals surface area contributed by atoms with Crippen molar-refractivity contribution in [3.63, 3.8) is 0 Å². The van der Waals surface area contributed by atoms with E-state index in [1.165, 1.54) is 0 Å². The summed E-state index contributed by atoms with van der Waals surface area (Å²) in [6.45, 7) is 7.24. The highest BCUT2D eigenvalue weighted by atomic mass is 16.5. The number of nitrogens with zero attached hydrogens (tertiary/aromatic N) is 1. The Hall–Kier alpha value is -2.63. The van der Waals surface area contributed by atoms with Crippen molar-refractivity contribution in [2.75, 3.05) is 10.6 Å². The van der Waals surface area contributed by atoms with Gasteiger partial charge in [-0.1, -0.05) is 32.0 Å². The number of anilines is 2. The molecule has 0 bridgehead atoms. The molecule has 2 amide bonds. The smallest absolute Gasteiger partial charge is 0.294 e. The second-order valence-corrected chi connectivity index (χ2v) is 6.07. The number of nitrogens with one attached hydrogen (secondary N) is 2. The minimum Gasteiger partial charge on any atom is -0.351 e. The lowest BCUT2D eigenvalue weighted by Crippen LogP contribution is -2.27. The third-order valence-electron chi connectivity index (χ3n) is 2.91. The number of hydrogen-bond donors (Lipinski definition) is 2. The first-order valence-electron chi connectivity index (χ1n) is 6.92. The van der Waals surface area contributed by atoms with Crippen molar-refractivity contribution in [1.82, 2.24) is 5.16 Å². The minimum atomic E-state index is -0.489. The van der Waals surface area contributed by atoms with Crippen molar-refractivity contribution in [2.24, 2.45) is 5.41 Å². The van der Waals surface area contributed by atoms with Gasteiger partial charge >= 0.3 is 0 Å². The Balaban J connectivity index is 2.08. The Bertz CT molecular complexity index is 699. The fraction of sp³-hybridized carbons (Fsp3) is 0.312. The lowest BCUT2D eigenvalue weighted by atomic mass is 9.95. The van der Waals surface area contributed by atoms with Crippen molar-refractivity contribution >= 4 is 23.2 Å². The summed E-state index contributed by atoms with van der Waals surface area (Å²) in [6.07, 6.45) is 0. The highest BCUT2D eigenvalue weighted by molar-refractivity contribution is 6.03. The first kappa shape index (κ1) is 15.8. The van der Waals surface area contributed by atoms with Crippen molar-refractivity contribution in [3.05, 3.63) is 41.8 Å². The number of benzene rings is 1. The highest BCUT2D eigenvalue weighted by Gasteiger charge is 2.21. The van der Waals surface area contributed by atoms with E-state index in [4.69, 9.17) is 4.52 Å². The van der Waals surface area contributed by atoms with E-state index >= 15 is 0 Å². The van der Waals surface area contributed by atoms with Gasteiger partial charge in [0.05, 0.1) is 5.69 Å². The molecule has 6 nitrogen and oxygen atoms in total. The van der Waals surface area contributed by atoms with Gasteiger partial charge < -0.3 is 15.2 Å². The van der Waals surface area contributed by atoms with Crippen LogP contribution in [0.2, 0.25) is 0 Å². The number of aromatic nitrogens is 1. The summed E-state index contributed by atoms with van der Waals surface area (Å²) in [4.78, 5) is 24.0. The van der Waals surface area contributed by atoms with Crippen LogP contribution in [-0.2, 0) is 4.79 Å². The van der Waals surface area contributed by atoms with Crippen LogP contribution < -0.4 is 10.6 Å². The zero-order valence-corrected chi connectivity index (χ0v) is 13.1. The summed E-state index contributed by atoms with van der Waals surface area (Å²) >= 11 is 0. The van der Waals surface area contributed by atoms with E-state index in [9.17, 15) is 9.59 Å². The average molecular weight is 301 g/mol. The Morgan fingerprint density at radius 3 is 2.27 bits per heavy atom. The van der Waals surface area contributed by atoms with E-state index in [1.54, 1.807) is 37.3 Å². The summed E-state index contributed by atoms with van der Waals surface area (Å²) in [5, 5.41) is 9.18. The molecule has 0 unspecified atom stereocenters. The molecule has 0 fully saturated rings. The van der Waals surface area contributed by atoms with E-state index in [0.717, 1.165) is 0 Å². The monoisotopic (exact) mass is 301 g/mol. The third kappa shape index (κ3) is 3.94. The number of carbonyl (C=O) groups excluding carboxylic acids is 2. The molecule has 116 valence electrons. The Morgan fingerprint density at radius 2 is 1.73 bits per heavy atom. The Kier molecular flexibility index (Phi) is 4.30. The van der Waals surface area contributed by atoms with Crippen LogP contribution >= 0.6 is 0 Å². The summed E-state index contributed by atoms with van der Waals surface area (Å²) in [5.74, 6) is -0.344. The summed E-state index contributed by atoms with van der Waals surface area (Å²) in [7, 11) is 0. The molecule has 22 heavy (non-hydrogen) atoms. The van der Waals surface area contributed by atoms with Gasteiger partial charge in [-0.25, -0.2) is 0 Å². The summed E-state index contributed by atoms with van der Waals surface area (Å²) in [6, 6.07) is 8.48. The van der Waals surface area contributed by atoms with Crippen molar-refractivity contribution in [3.8, 4) is 0 Å². The molecule has 0 saturated carbocycles. The van der Waals surface area contributed by atoms with E-state index in [2.05, 4.69) is 15.8 Å². The Morgan fingerprint density at radius 1 is 1.09 bits per heavy atom. The molecular formula is C16H19N3O3. The molecule has 0 aliphatic carbocycles. The van der Waals surface area contributed by atoms with Gasteiger partial charge in [0.15, 0.2) is 0 Å². The molecule has 0 radical (unpaired) electrons. The Labute approximate surface area is 128 Å². The van der Waals surface area contributed by atoms with Gasteiger partial charge in [-0.15, -0.1) is 0 Å². The van der Waals surface area contributed by atoms with Gasteiger partial charge in [-0.05, 0) is 25.1 Å². The van der Waals surface area contributed by atoms with Gasteiger partial charge in [-0.2, -0.15) is 0 Å². The summed E-state index contributed by atoms with van der Waals surface area (Å²) < 4.78 is 4.91. The van der Waals surface area contributed by atoms with Crippen molar-refractivity contribution < 1.29 is 14.1 Å². The highest BCUT2D eigenvalue weighted by Crippen LogP contribution is 2.20. The molecule has 1 aromatic heterocycles. The molecule has 2 aromatic rings. The van der Waals surface area contributed by atoms with E-state index in [1.807, 2.05) is 20.8 Å². The molecule has 0 aliphatic rings. The molecule has 0 aliphatic heterocycles. The molecule has 6 heteroatoms. The number of carbonyl (C=O) groups is 2. The molecule has 1 aromatic carbocycles. The third-order valence-corrected chi connectivity index (χ3v) is 2.91. The van der Waals surface area contributed by atoms with Crippen LogP contribution in [0.5, 0.6) is 0 Å². The lowest BCUT2D eigenvalue weighted by Gasteiger charge is -2.18. The second kappa shape index (κ2) is 6.01. The van der Waals surface area contributed by atoms with Gasteiger partial charge in [-0.3, -0.25) is 9.59 Å². The van der Waals surface area contributed by atoms with Crippen LogP contribution in [0.3, 0.4) is 0 Å². The predicted molar refractivity (Wildman–Crippen MR) is 83.7 cm³/mol. The minimum absolute atomic E-state index is 0.0955. The normalized spacial score (nSPS) is 11.1. The average Bonchev–Trinajstić information content (AvgIpc) is 2.85. The number of aryl methyl sites for hydroxylation is 1. The quantitative estimate of drug-likeness (QED) is 0.911. The first-order valence-corrected chi connectivity index (χ1v) is 6.92. The van der Waals surface area contributed by atoms with E-state index < -0.39 is 5.41 Å². The van der Waals surface area contributed by atoms with Gasteiger partial charge in [0, 0.05) is 22.9 Å². The maximum atomic E-state index is 12.0. The van der Waals surface area contributed by atoms with Crippen LogP contribution in [0.1, 0.15) is 37.0 Å². The fourth-order valence-electron chi connectivity index (χ4n) is 1.66. The molecule has 0 atom stereocenters. The zero-order chi connectivity index (χ0) is 16.3. The molecule has 0 spiro atoms. The van der Waals surface area contributed by atoms with E-state index in [-0.39, 0.29) is 17.6 Å². The maximum absolute atomic E-state index is 12.0. The summed E-state index contributed by atoms with van der Waals surface area (Å²) in [5.41, 5.74) is 1.32. The van der Waals surface area contributed by atoms with Gasteiger partial charge in [0.2, 0.25) is 11.7 Å². The van der Waals surface area contributed by atoms with Crippen LogP contribution in [0.15, 0.2) is 34.9 Å². The van der Waals surface area contributed by atoms with Gasteiger partial charge in [0.25, 0.3) is 5.91 Å². The molecule has 1 heterocycles. The van der Waals surface area contributed by atoms with Crippen LogP contribution in [0.4, 0.5) is 11.4 Å². The van der Waals surface area contributed by atoms with Crippen molar-refractivity contribution in [2.45, 2.75) is 27.7 Å². The zero-order valence-electron chi connectivity index (χ0n) is 13.1. The standard InChI is InChI=1S/C16H19N3O3/c1-10-8-13(22-19-10)14(20)17-11-6-5-7-12(9-11)18-15(21)16(2,3)4/h5-9H,1-4H3,(H,17,20)(H,18,21). The van der Waals surface area contributed by atoms with Crippen LogP contribution in [0.25, 0.3) is 0 Å².